The SMILES string of the molecule is C[C@@H]1CSc2c(-c3ccc(F)cc3F)c(Cl)cc3c(N4CCNC[C@@H]4C)nc(=O)n1c23. The molecule has 0 aliphatic carbocycles. The normalized spacial score (nSPS) is 21.0. The molecule has 1 saturated heterocycles. The molecule has 0 amide bonds. The summed E-state index contributed by atoms with van der Waals surface area (Å²) in [6, 6.07) is 5.33. The van der Waals surface area contributed by atoms with Gasteiger partial charge in [-0.25, -0.2) is 13.6 Å². The van der Waals surface area contributed by atoms with Gasteiger partial charge in [0.1, 0.15) is 17.5 Å². The van der Waals surface area contributed by atoms with Crippen LogP contribution in [0.25, 0.3) is 22.0 Å². The van der Waals surface area contributed by atoms with Crippen LogP contribution in [0.1, 0.15) is 19.9 Å². The minimum absolute atomic E-state index is 0.0680. The maximum Gasteiger partial charge on any atom is 0.350 e. The van der Waals surface area contributed by atoms with E-state index in [-0.39, 0.29) is 23.3 Å². The van der Waals surface area contributed by atoms with Crippen LogP contribution < -0.4 is 15.9 Å². The Morgan fingerprint density at radius 1 is 1.23 bits per heavy atom. The zero-order valence-electron chi connectivity index (χ0n) is 17.1. The molecule has 2 atom stereocenters. The molecular weight excluding hydrogens is 442 g/mol. The monoisotopic (exact) mass is 462 g/mol. The first-order chi connectivity index (χ1) is 14.9. The van der Waals surface area contributed by atoms with Crippen molar-refractivity contribution in [2.45, 2.75) is 30.8 Å². The highest BCUT2D eigenvalue weighted by molar-refractivity contribution is 7.99. The van der Waals surface area contributed by atoms with Crippen LogP contribution in [-0.2, 0) is 0 Å². The van der Waals surface area contributed by atoms with Crippen molar-refractivity contribution in [3.63, 3.8) is 0 Å². The summed E-state index contributed by atoms with van der Waals surface area (Å²) >= 11 is 8.25. The Labute approximate surface area is 187 Å². The van der Waals surface area contributed by atoms with E-state index in [1.807, 2.05) is 6.92 Å². The molecule has 2 aliphatic heterocycles. The van der Waals surface area contributed by atoms with Crippen molar-refractivity contribution in [1.82, 2.24) is 14.9 Å². The quantitative estimate of drug-likeness (QED) is 0.609. The van der Waals surface area contributed by atoms with Gasteiger partial charge < -0.3 is 10.2 Å². The van der Waals surface area contributed by atoms with Crippen molar-refractivity contribution in [2.24, 2.45) is 0 Å². The zero-order valence-corrected chi connectivity index (χ0v) is 18.7. The first-order valence-electron chi connectivity index (χ1n) is 10.2. The third kappa shape index (κ3) is 3.32. The van der Waals surface area contributed by atoms with E-state index in [1.54, 1.807) is 10.6 Å². The van der Waals surface area contributed by atoms with Crippen molar-refractivity contribution in [2.75, 3.05) is 30.3 Å². The fourth-order valence-corrected chi connectivity index (χ4v) is 6.10. The number of hydrogen-bond acceptors (Lipinski definition) is 5. The van der Waals surface area contributed by atoms with Gasteiger partial charge in [0.25, 0.3) is 0 Å². The summed E-state index contributed by atoms with van der Waals surface area (Å²) in [7, 11) is 0. The van der Waals surface area contributed by atoms with E-state index in [9.17, 15) is 13.6 Å². The third-order valence-corrected chi connectivity index (χ3v) is 7.61. The molecule has 5 rings (SSSR count). The highest BCUT2D eigenvalue weighted by Crippen LogP contribution is 2.47. The van der Waals surface area contributed by atoms with Gasteiger partial charge in [-0.3, -0.25) is 4.57 Å². The van der Waals surface area contributed by atoms with Crippen molar-refractivity contribution < 1.29 is 8.78 Å². The molecule has 2 aromatic carbocycles. The van der Waals surface area contributed by atoms with Gasteiger partial charge in [-0.05, 0) is 32.0 Å². The van der Waals surface area contributed by atoms with E-state index in [2.05, 4.69) is 22.1 Å². The van der Waals surface area contributed by atoms with Gasteiger partial charge in [0.05, 0.1) is 10.5 Å². The first-order valence-corrected chi connectivity index (χ1v) is 11.6. The van der Waals surface area contributed by atoms with E-state index in [0.717, 1.165) is 36.0 Å². The maximum atomic E-state index is 14.7. The Kier molecular flexibility index (Phi) is 5.19. The predicted octanol–water partition coefficient (Wildman–Crippen LogP) is 4.46. The molecule has 1 fully saturated rings. The van der Waals surface area contributed by atoms with E-state index < -0.39 is 11.6 Å². The molecule has 1 aromatic heterocycles. The first kappa shape index (κ1) is 20.7. The number of nitrogens with one attached hydrogen (secondary N) is 1. The second-order valence-electron chi connectivity index (χ2n) is 8.08. The zero-order chi connectivity index (χ0) is 21.9. The van der Waals surface area contributed by atoms with Crippen molar-refractivity contribution in [3.8, 4) is 11.1 Å². The highest BCUT2D eigenvalue weighted by Gasteiger charge is 2.30. The molecule has 0 saturated carbocycles. The van der Waals surface area contributed by atoms with Gasteiger partial charge in [-0.1, -0.05) is 11.6 Å². The Bertz CT molecular complexity index is 1260. The number of nitrogens with zero attached hydrogens (tertiary/aromatic N) is 3. The lowest BCUT2D eigenvalue weighted by Gasteiger charge is -2.36. The van der Waals surface area contributed by atoms with E-state index in [4.69, 9.17) is 11.6 Å². The van der Waals surface area contributed by atoms with Crippen molar-refractivity contribution in [3.05, 3.63) is 51.4 Å². The minimum atomic E-state index is -0.685. The number of aromatic nitrogens is 2. The third-order valence-electron chi connectivity index (χ3n) is 5.98. The average molecular weight is 463 g/mol. The van der Waals surface area contributed by atoms with Crippen molar-refractivity contribution in [1.29, 1.82) is 0 Å². The van der Waals surface area contributed by atoms with Crippen molar-refractivity contribution >= 4 is 40.1 Å². The molecule has 0 unspecified atom stereocenters. The molecule has 5 nitrogen and oxygen atoms in total. The van der Waals surface area contributed by atoms with Crippen LogP contribution in [0, 0.1) is 11.6 Å². The van der Waals surface area contributed by atoms with Crippen LogP contribution in [0.2, 0.25) is 5.02 Å². The fraction of sp³-hybridized carbons (Fsp3) is 0.364. The molecule has 162 valence electrons. The molecule has 0 radical (unpaired) electrons. The van der Waals surface area contributed by atoms with Gasteiger partial charge >= 0.3 is 5.69 Å². The number of anilines is 1. The number of piperazine rings is 1. The molecule has 31 heavy (non-hydrogen) atoms. The Morgan fingerprint density at radius 3 is 2.77 bits per heavy atom. The van der Waals surface area contributed by atoms with Gasteiger partial charge in [0.15, 0.2) is 0 Å². The summed E-state index contributed by atoms with van der Waals surface area (Å²) in [5.74, 6) is -0.0996. The second-order valence-corrected chi connectivity index (χ2v) is 9.51. The summed E-state index contributed by atoms with van der Waals surface area (Å²) in [5.41, 5.74) is 1.10. The van der Waals surface area contributed by atoms with Crippen LogP contribution >= 0.6 is 23.4 Å². The molecular formula is C22H21ClF2N4OS. The van der Waals surface area contributed by atoms with Crippen LogP contribution in [0.4, 0.5) is 14.6 Å². The molecule has 0 bridgehead atoms. The van der Waals surface area contributed by atoms with E-state index >= 15 is 0 Å². The smallest absolute Gasteiger partial charge is 0.350 e. The highest BCUT2D eigenvalue weighted by atomic mass is 35.5. The molecule has 3 aromatic rings. The summed E-state index contributed by atoms with van der Waals surface area (Å²) in [5, 5.41) is 4.48. The second kappa shape index (κ2) is 7.76. The number of thioether (sulfide) groups is 1. The molecule has 0 spiro atoms. The average Bonchev–Trinajstić information content (AvgIpc) is 2.73. The molecule has 2 aliphatic rings. The lowest BCUT2D eigenvalue weighted by atomic mass is 10.0. The van der Waals surface area contributed by atoms with Crippen LogP contribution in [0.5, 0.6) is 0 Å². The Morgan fingerprint density at radius 2 is 2.03 bits per heavy atom. The lowest BCUT2D eigenvalue weighted by Crippen LogP contribution is -2.51. The predicted molar refractivity (Wildman–Crippen MR) is 121 cm³/mol. The van der Waals surface area contributed by atoms with Gasteiger partial charge in [-0.2, -0.15) is 4.98 Å². The minimum Gasteiger partial charge on any atom is -0.351 e. The van der Waals surface area contributed by atoms with E-state index in [1.165, 1.54) is 23.9 Å². The summed E-state index contributed by atoms with van der Waals surface area (Å²) in [6.07, 6.45) is 0. The van der Waals surface area contributed by atoms with Gasteiger partial charge in [0.2, 0.25) is 0 Å². The molecule has 9 heteroatoms. The lowest BCUT2D eigenvalue weighted by molar-refractivity contribution is 0.495. The number of halogens is 3. The molecule has 3 heterocycles. The number of hydrogen-bond donors (Lipinski definition) is 1. The van der Waals surface area contributed by atoms with E-state index in [0.29, 0.717) is 27.7 Å². The number of rotatable bonds is 2. The Balaban J connectivity index is 1.86. The summed E-state index contributed by atoms with van der Waals surface area (Å²) in [4.78, 5) is 20.4. The van der Waals surface area contributed by atoms with Crippen LogP contribution in [0.15, 0.2) is 34.0 Å². The van der Waals surface area contributed by atoms with Crippen LogP contribution in [-0.4, -0.2) is 41.0 Å². The molecule has 1 N–H and O–H groups in total. The summed E-state index contributed by atoms with van der Waals surface area (Å²) < 4.78 is 29.9. The Hall–Kier alpha value is -2.16. The fourth-order valence-electron chi connectivity index (χ4n) is 4.47. The van der Waals surface area contributed by atoms with Crippen LogP contribution in [0.3, 0.4) is 0 Å². The summed E-state index contributed by atoms with van der Waals surface area (Å²) in [6.45, 7) is 6.35. The van der Waals surface area contributed by atoms with Gasteiger partial charge in [0, 0.05) is 64.9 Å². The van der Waals surface area contributed by atoms with Gasteiger partial charge in [-0.15, -0.1) is 11.8 Å². The topological polar surface area (TPSA) is 50.2 Å². The largest absolute Gasteiger partial charge is 0.351 e. The standard InChI is InChI=1S/C22H21ClF2N4OS/c1-11-9-26-5-6-28(11)21-15-8-16(23)18(14-4-3-13(24)7-17(14)25)20-19(15)29(22(30)27-21)12(2)10-31-20/h3-4,7-8,11-12,26H,5-6,9-10H2,1-2H3/t11-,12+/m0/s1. The maximum absolute atomic E-state index is 14.7. The number of benzene rings is 2.